The first-order valence-corrected chi connectivity index (χ1v) is 6.59. The van der Waals surface area contributed by atoms with Crippen LogP contribution in [0.15, 0.2) is 28.7 Å². The Morgan fingerprint density at radius 3 is 2.88 bits per heavy atom. The summed E-state index contributed by atoms with van der Waals surface area (Å²) >= 11 is 6.12. The average Bonchev–Trinajstić information content (AvgIpc) is 2.58. The van der Waals surface area contributed by atoms with E-state index in [1.807, 2.05) is 18.2 Å². The molecule has 1 aliphatic carbocycles. The molecule has 0 spiro atoms. The van der Waals surface area contributed by atoms with Crippen molar-refractivity contribution in [2.45, 2.75) is 25.8 Å². The molecule has 1 fully saturated rings. The van der Waals surface area contributed by atoms with E-state index >= 15 is 0 Å². The molecule has 0 unspecified atom stereocenters. The van der Waals surface area contributed by atoms with Crippen molar-refractivity contribution >= 4 is 22.6 Å². The van der Waals surface area contributed by atoms with Gasteiger partial charge in [0.2, 0.25) is 0 Å². The minimum atomic E-state index is 0.521. The fourth-order valence-electron chi connectivity index (χ4n) is 2.33. The Hall–Kier alpha value is -0.990. The maximum absolute atomic E-state index is 6.12. The highest BCUT2D eigenvalue weighted by Crippen LogP contribution is 2.30. The van der Waals surface area contributed by atoms with Crippen LogP contribution in [0.4, 0.5) is 0 Å². The van der Waals surface area contributed by atoms with Crippen LogP contribution in [0.5, 0.6) is 0 Å². The third-order valence-corrected chi connectivity index (χ3v) is 3.91. The van der Waals surface area contributed by atoms with E-state index in [2.05, 4.69) is 11.4 Å². The quantitative estimate of drug-likeness (QED) is 0.887. The van der Waals surface area contributed by atoms with E-state index in [4.69, 9.17) is 16.0 Å². The summed E-state index contributed by atoms with van der Waals surface area (Å²) in [6.45, 7) is 1.89. The Balaban J connectivity index is 1.72. The number of benzene rings is 1. The lowest BCUT2D eigenvalue weighted by Gasteiger charge is -2.25. The van der Waals surface area contributed by atoms with E-state index in [-0.39, 0.29) is 0 Å². The summed E-state index contributed by atoms with van der Waals surface area (Å²) < 4.78 is 5.52. The van der Waals surface area contributed by atoms with Gasteiger partial charge >= 0.3 is 0 Å². The predicted molar refractivity (Wildman–Crippen MR) is 70.3 cm³/mol. The number of para-hydroxylation sites is 1. The highest BCUT2D eigenvalue weighted by molar-refractivity contribution is 6.30. The van der Waals surface area contributed by atoms with Gasteiger partial charge in [-0.2, -0.15) is 0 Å². The molecule has 1 aromatic heterocycles. The molecule has 1 saturated carbocycles. The second kappa shape index (κ2) is 4.71. The van der Waals surface area contributed by atoms with Crippen molar-refractivity contribution in [2.75, 3.05) is 6.54 Å². The first kappa shape index (κ1) is 11.1. The van der Waals surface area contributed by atoms with Crippen molar-refractivity contribution in [3.63, 3.8) is 0 Å². The highest BCUT2D eigenvalue weighted by atomic mass is 35.5. The number of rotatable bonds is 4. The minimum Gasteiger partial charge on any atom is -0.444 e. The van der Waals surface area contributed by atoms with Gasteiger partial charge in [-0.15, -0.1) is 0 Å². The van der Waals surface area contributed by atoms with Crippen molar-refractivity contribution in [3.8, 4) is 0 Å². The summed E-state index contributed by atoms with van der Waals surface area (Å²) in [7, 11) is 0. The van der Waals surface area contributed by atoms with E-state index in [1.165, 1.54) is 19.3 Å². The number of hydrogen-bond acceptors (Lipinski definition) is 2. The van der Waals surface area contributed by atoms with Gasteiger partial charge in [0, 0.05) is 17.5 Å². The summed E-state index contributed by atoms with van der Waals surface area (Å²) in [5.74, 6) is 0.868. The molecule has 0 saturated heterocycles. The van der Waals surface area contributed by atoms with Crippen molar-refractivity contribution in [3.05, 3.63) is 35.0 Å². The molecule has 0 bridgehead atoms. The first-order valence-electron chi connectivity index (χ1n) is 6.21. The van der Waals surface area contributed by atoms with Crippen molar-refractivity contribution < 1.29 is 4.42 Å². The van der Waals surface area contributed by atoms with Crippen LogP contribution in [-0.4, -0.2) is 6.54 Å². The zero-order valence-corrected chi connectivity index (χ0v) is 10.5. The minimum absolute atomic E-state index is 0.521. The molecule has 1 heterocycles. The van der Waals surface area contributed by atoms with Crippen LogP contribution < -0.4 is 5.32 Å². The normalized spacial score (nSPS) is 16.3. The van der Waals surface area contributed by atoms with E-state index in [1.54, 1.807) is 0 Å². The smallest absolute Gasteiger partial charge is 0.199 e. The Morgan fingerprint density at radius 2 is 2.12 bits per heavy atom. The standard InChI is InChI=1S/C14H16ClNO/c15-14-12(9-16-8-10-4-3-5-10)11-6-1-2-7-13(11)17-14/h1-2,6-7,10,16H,3-5,8-9H2. The second-order valence-corrected chi connectivity index (χ2v) is 5.12. The van der Waals surface area contributed by atoms with E-state index in [0.717, 1.165) is 35.5 Å². The van der Waals surface area contributed by atoms with Crippen LogP contribution in [0, 0.1) is 5.92 Å². The maximum atomic E-state index is 6.12. The molecule has 3 rings (SSSR count). The zero-order valence-electron chi connectivity index (χ0n) is 9.71. The summed E-state index contributed by atoms with van der Waals surface area (Å²) in [6.07, 6.45) is 4.13. The number of halogens is 1. The Labute approximate surface area is 106 Å². The average molecular weight is 250 g/mol. The van der Waals surface area contributed by atoms with Gasteiger partial charge in [0.1, 0.15) is 5.58 Å². The molecule has 1 aliphatic rings. The summed E-state index contributed by atoms with van der Waals surface area (Å²) in [6, 6.07) is 8.00. The molecular weight excluding hydrogens is 234 g/mol. The van der Waals surface area contributed by atoms with Crippen LogP contribution in [0.2, 0.25) is 5.22 Å². The number of hydrogen-bond donors (Lipinski definition) is 1. The number of furan rings is 1. The van der Waals surface area contributed by atoms with Crippen LogP contribution in [-0.2, 0) is 6.54 Å². The number of fused-ring (bicyclic) bond motifs is 1. The predicted octanol–water partition coefficient (Wildman–Crippen LogP) is 3.98. The van der Waals surface area contributed by atoms with E-state index in [9.17, 15) is 0 Å². The lowest BCUT2D eigenvalue weighted by Crippen LogP contribution is -2.26. The lowest BCUT2D eigenvalue weighted by molar-refractivity contribution is 0.301. The maximum Gasteiger partial charge on any atom is 0.199 e. The zero-order chi connectivity index (χ0) is 11.7. The molecule has 90 valence electrons. The third-order valence-electron chi connectivity index (χ3n) is 3.61. The Kier molecular flexibility index (Phi) is 3.08. The van der Waals surface area contributed by atoms with Crippen LogP contribution in [0.3, 0.4) is 0 Å². The van der Waals surface area contributed by atoms with Crippen molar-refractivity contribution in [1.82, 2.24) is 5.32 Å². The summed E-state index contributed by atoms with van der Waals surface area (Å²) in [5.41, 5.74) is 1.96. The molecule has 1 aromatic carbocycles. The second-order valence-electron chi connectivity index (χ2n) is 4.78. The topological polar surface area (TPSA) is 25.2 Å². The molecule has 1 N–H and O–H groups in total. The van der Waals surface area contributed by atoms with E-state index in [0.29, 0.717) is 5.22 Å². The van der Waals surface area contributed by atoms with Gasteiger partial charge in [-0.25, -0.2) is 0 Å². The molecule has 2 aromatic rings. The van der Waals surface area contributed by atoms with Gasteiger partial charge in [0.15, 0.2) is 5.22 Å². The Bertz CT molecular complexity index is 516. The van der Waals surface area contributed by atoms with Crippen LogP contribution in [0.1, 0.15) is 24.8 Å². The summed E-state index contributed by atoms with van der Waals surface area (Å²) in [5, 5.41) is 5.12. The molecule has 3 heteroatoms. The largest absolute Gasteiger partial charge is 0.444 e. The highest BCUT2D eigenvalue weighted by Gasteiger charge is 2.17. The fourth-order valence-corrected chi connectivity index (χ4v) is 2.58. The molecular formula is C14H16ClNO. The molecule has 0 aliphatic heterocycles. The monoisotopic (exact) mass is 249 g/mol. The first-order chi connectivity index (χ1) is 8.34. The van der Waals surface area contributed by atoms with Gasteiger partial charge in [-0.05, 0) is 43.0 Å². The van der Waals surface area contributed by atoms with Gasteiger partial charge < -0.3 is 9.73 Å². The van der Waals surface area contributed by atoms with Crippen LogP contribution in [0.25, 0.3) is 11.0 Å². The molecule has 2 nitrogen and oxygen atoms in total. The summed E-state index contributed by atoms with van der Waals surface area (Å²) in [4.78, 5) is 0. The SMILES string of the molecule is Clc1oc2ccccc2c1CNCC1CCC1. The third kappa shape index (κ3) is 2.20. The van der Waals surface area contributed by atoms with Gasteiger partial charge in [-0.1, -0.05) is 24.6 Å². The fraction of sp³-hybridized carbons (Fsp3) is 0.429. The van der Waals surface area contributed by atoms with E-state index < -0.39 is 0 Å². The van der Waals surface area contributed by atoms with Gasteiger partial charge in [-0.3, -0.25) is 0 Å². The molecule has 0 atom stereocenters. The molecule has 0 radical (unpaired) electrons. The molecule has 0 amide bonds. The Morgan fingerprint density at radius 1 is 1.29 bits per heavy atom. The van der Waals surface area contributed by atoms with Gasteiger partial charge in [0.05, 0.1) is 0 Å². The molecule has 17 heavy (non-hydrogen) atoms. The van der Waals surface area contributed by atoms with Gasteiger partial charge in [0.25, 0.3) is 0 Å². The van der Waals surface area contributed by atoms with Crippen LogP contribution >= 0.6 is 11.6 Å². The van der Waals surface area contributed by atoms with Crippen molar-refractivity contribution in [2.24, 2.45) is 5.92 Å². The van der Waals surface area contributed by atoms with Crippen molar-refractivity contribution in [1.29, 1.82) is 0 Å². The lowest BCUT2D eigenvalue weighted by atomic mass is 9.85. The number of nitrogens with one attached hydrogen (secondary N) is 1.